The third kappa shape index (κ3) is 7.30. The van der Waals surface area contributed by atoms with E-state index < -0.39 is 11.8 Å². The Bertz CT molecular complexity index is 962. The van der Waals surface area contributed by atoms with Gasteiger partial charge >= 0.3 is 12.0 Å². The molecule has 3 amide bonds. The van der Waals surface area contributed by atoms with Gasteiger partial charge in [-0.1, -0.05) is 42.5 Å². The van der Waals surface area contributed by atoms with Gasteiger partial charge < -0.3 is 19.9 Å². The number of nitrogens with one attached hydrogen (secondary N) is 1. The number of carbonyl (C=O) groups excluding carboxylic acids is 3. The maximum absolute atomic E-state index is 14.0. The highest BCUT2D eigenvalue weighted by atomic mass is 19.1. The molecule has 1 aliphatic rings. The molecule has 182 valence electrons. The molecule has 0 radical (unpaired) electrons. The molecule has 2 aromatic rings. The molecule has 1 N–H and O–H groups in total. The molecule has 0 bridgehead atoms. The molecule has 0 aromatic heterocycles. The molecular weight excluding hydrogens is 437 g/mol. The molecule has 0 saturated carbocycles. The van der Waals surface area contributed by atoms with Gasteiger partial charge in [0.25, 0.3) is 0 Å². The molecule has 3 rings (SSSR count). The smallest absolute Gasteiger partial charge is 0.321 e. The van der Waals surface area contributed by atoms with Gasteiger partial charge in [0.1, 0.15) is 5.82 Å². The summed E-state index contributed by atoms with van der Waals surface area (Å²) in [4.78, 5) is 40.9. The minimum Gasteiger partial charge on any atom is -0.466 e. The Kier molecular flexibility index (Phi) is 9.43. The van der Waals surface area contributed by atoms with E-state index in [-0.39, 0.29) is 36.4 Å². The van der Waals surface area contributed by atoms with Crippen molar-refractivity contribution < 1.29 is 23.5 Å². The lowest BCUT2D eigenvalue weighted by atomic mass is 9.97. The number of urea groups is 1. The molecule has 7 nitrogen and oxygen atoms in total. The molecule has 1 saturated heterocycles. The standard InChI is InChI=1S/C26H32FN3O4/c1-2-34-25(32)21-13-17-29(18-14-21)24(31)15-19-30(16-12-20-8-4-3-5-9-20)26(33)28-23-11-7-6-10-22(23)27/h3-11,21H,2,12-19H2,1H3,(H,28,33). The Morgan fingerprint density at radius 2 is 1.71 bits per heavy atom. The number of hydrogen-bond acceptors (Lipinski definition) is 4. The molecule has 34 heavy (non-hydrogen) atoms. The Balaban J connectivity index is 1.57. The van der Waals surface area contributed by atoms with E-state index in [1.807, 2.05) is 30.3 Å². The molecule has 0 atom stereocenters. The second-order valence-electron chi connectivity index (χ2n) is 8.29. The zero-order valence-electron chi connectivity index (χ0n) is 19.5. The predicted molar refractivity (Wildman–Crippen MR) is 128 cm³/mol. The summed E-state index contributed by atoms with van der Waals surface area (Å²) in [5, 5.41) is 2.62. The van der Waals surface area contributed by atoms with Crippen LogP contribution in [0, 0.1) is 11.7 Å². The van der Waals surface area contributed by atoms with Crippen LogP contribution in [-0.2, 0) is 20.7 Å². The van der Waals surface area contributed by atoms with Crippen LogP contribution in [-0.4, -0.2) is 60.5 Å². The monoisotopic (exact) mass is 469 g/mol. The summed E-state index contributed by atoms with van der Waals surface area (Å²) in [7, 11) is 0. The number of benzene rings is 2. The second-order valence-corrected chi connectivity index (χ2v) is 8.29. The molecule has 1 heterocycles. The van der Waals surface area contributed by atoms with Crippen LogP contribution in [0.1, 0.15) is 31.7 Å². The summed E-state index contributed by atoms with van der Waals surface area (Å²) in [6.07, 6.45) is 1.93. The Labute approximate surface area is 199 Å². The second kappa shape index (κ2) is 12.7. The number of piperidine rings is 1. The summed E-state index contributed by atoms with van der Waals surface area (Å²) in [6, 6.07) is 15.3. The largest absolute Gasteiger partial charge is 0.466 e. The lowest BCUT2D eigenvalue weighted by Crippen LogP contribution is -2.43. The molecule has 2 aromatic carbocycles. The third-order valence-electron chi connectivity index (χ3n) is 5.98. The van der Waals surface area contributed by atoms with Gasteiger partial charge in [-0.3, -0.25) is 9.59 Å². The van der Waals surface area contributed by atoms with E-state index in [9.17, 15) is 18.8 Å². The number of esters is 1. The third-order valence-corrected chi connectivity index (χ3v) is 5.98. The van der Waals surface area contributed by atoms with Crippen LogP contribution < -0.4 is 5.32 Å². The van der Waals surface area contributed by atoms with Gasteiger partial charge in [-0.05, 0) is 43.9 Å². The number of anilines is 1. The van der Waals surface area contributed by atoms with Crippen molar-refractivity contribution in [2.75, 3.05) is 38.1 Å². The summed E-state index contributed by atoms with van der Waals surface area (Å²) in [5.74, 6) is -0.950. The zero-order chi connectivity index (χ0) is 24.3. The van der Waals surface area contributed by atoms with Crippen molar-refractivity contribution >= 4 is 23.6 Å². The maximum Gasteiger partial charge on any atom is 0.321 e. The van der Waals surface area contributed by atoms with E-state index in [1.54, 1.807) is 28.9 Å². The summed E-state index contributed by atoms with van der Waals surface area (Å²) >= 11 is 0. The molecule has 1 fully saturated rings. The van der Waals surface area contributed by atoms with Crippen molar-refractivity contribution in [1.82, 2.24) is 9.80 Å². The maximum atomic E-state index is 14.0. The van der Waals surface area contributed by atoms with E-state index in [0.717, 1.165) is 5.56 Å². The van der Waals surface area contributed by atoms with Gasteiger partial charge in [-0.15, -0.1) is 0 Å². The van der Waals surface area contributed by atoms with E-state index in [0.29, 0.717) is 45.5 Å². The van der Waals surface area contributed by atoms with Crippen LogP contribution in [0.15, 0.2) is 54.6 Å². The zero-order valence-corrected chi connectivity index (χ0v) is 19.5. The minimum atomic E-state index is -0.514. The number of para-hydroxylation sites is 1. The van der Waals surface area contributed by atoms with E-state index in [4.69, 9.17) is 4.74 Å². The van der Waals surface area contributed by atoms with Crippen LogP contribution in [0.2, 0.25) is 0 Å². The van der Waals surface area contributed by atoms with Gasteiger partial charge in [0.15, 0.2) is 0 Å². The first-order valence-electron chi connectivity index (χ1n) is 11.8. The SMILES string of the molecule is CCOC(=O)C1CCN(C(=O)CCN(CCc2ccccc2)C(=O)Nc2ccccc2F)CC1. The average Bonchev–Trinajstić information content (AvgIpc) is 2.86. The van der Waals surface area contributed by atoms with Gasteiger partial charge in [0.05, 0.1) is 18.2 Å². The molecule has 0 spiro atoms. The van der Waals surface area contributed by atoms with Crippen LogP contribution in [0.5, 0.6) is 0 Å². The molecule has 0 unspecified atom stereocenters. The first kappa shape index (κ1) is 25.2. The Morgan fingerprint density at radius 3 is 2.38 bits per heavy atom. The van der Waals surface area contributed by atoms with E-state index in [1.165, 1.54) is 12.1 Å². The first-order valence-corrected chi connectivity index (χ1v) is 11.8. The van der Waals surface area contributed by atoms with Gasteiger partial charge in [-0.25, -0.2) is 9.18 Å². The topological polar surface area (TPSA) is 79.0 Å². The Morgan fingerprint density at radius 1 is 1.03 bits per heavy atom. The first-order chi connectivity index (χ1) is 16.5. The van der Waals surface area contributed by atoms with Crippen LogP contribution >= 0.6 is 0 Å². The van der Waals surface area contributed by atoms with Crippen molar-refractivity contribution in [2.45, 2.75) is 32.6 Å². The van der Waals surface area contributed by atoms with Crippen molar-refractivity contribution in [3.8, 4) is 0 Å². The lowest BCUT2D eigenvalue weighted by molar-refractivity contribution is -0.151. The fourth-order valence-electron chi connectivity index (χ4n) is 3.99. The number of amides is 3. The summed E-state index contributed by atoms with van der Waals surface area (Å²) in [6.45, 7) is 3.72. The molecule has 1 aliphatic heterocycles. The van der Waals surface area contributed by atoms with E-state index in [2.05, 4.69) is 5.32 Å². The molecule has 8 heteroatoms. The number of likely N-dealkylation sites (tertiary alicyclic amines) is 1. The molecular formula is C26H32FN3O4. The summed E-state index contributed by atoms with van der Waals surface area (Å²) < 4.78 is 19.1. The molecule has 0 aliphatic carbocycles. The highest BCUT2D eigenvalue weighted by Gasteiger charge is 2.28. The minimum absolute atomic E-state index is 0.0642. The average molecular weight is 470 g/mol. The Hall–Kier alpha value is -3.42. The van der Waals surface area contributed by atoms with Gasteiger partial charge in [0.2, 0.25) is 5.91 Å². The quantitative estimate of drug-likeness (QED) is 0.561. The summed E-state index contributed by atoms with van der Waals surface area (Å²) in [5.41, 5.74) is 1.17. The number of nitrogens with zero attached hydrogens (tertiary/aromatic N) is 2. The lowest BCUT2D eigenvalue weighted by Gasteiger charge is -2.31. The van der Waals surface area contributed by atoms with Crippen molar-refractivity contribution in [3.63, 3.8) is 0 Å². The number of rotatable bonds is 9. The predicted octanol–water partition coefficient (Wildman–Crippen LogP) is 4.09. The van der Waals surface area contributed by atoms with Crippen LogP contribution in [0.3, 0.4) is 0 Å². The number of ether oxygens (including phenoxy) is 1. The fourth-order valence-corrected chi connectivity index (χ4v) is 3.99. The number of halogens is 1. The van der Waals surface area contributed by atoms with Gasteiger partial charge in [-0.2, -0.15) is 0 Å². The van der Waals surface area contributed by atoms with Crippen LogP contribution in [0.4, 0.5) is 14.9 Å². The van der Waals surface area contributed by atoms with E-state index >= 15 is 0 Å². The van der Waals surface area contributed by atoms with Crippen molar-refractivity contribution in [3.05, 3.63) is 66.0 Å². The van der Waals surface area contributed by atoms with Gasteiger partial charge in [0, 0.05) is 32.6 Å². The fraction of sp³-hybridized carbons (Fsp3) is 0.423. The highest BCUT2D eigenvalue weighted by molar-refractivity contribution is 5.90. The number of hydrogen-bond donors (Lipinski definition) is 1. The number of carbonyl (C=O) groups is 3. The van der Waals surface area contributed by atoms with Crippen LogP contribution in [0.25, 0.3) is 0 Å². The highest BCUT2D eigenvalue weighted by Crippen LogP contribution is 2.20. The van der Waals surface area contributed by atoms with Crippen molar-refractivity contribution in [1.29, 1.82) is 0 Å². The van der Waals surface area contributed by atoms with Crippen molar-refractivity contribution in [2.24, 2.45) is 5.92 Å². The normalized spacial score (nSPS) is 13.9.